The van der Waals surface area contributed by atoms with Gasteiger partial charge in [-0.25, -0.2) is 0 Å². The van der Waals surface area contributed by atoms with Crippen LogP contribution in [-0.2, 0) is 14.4 Å². The predicted octanol–water partition coefficient (Wildman–Crippen LogP) is 0.616. The molecule has 66 valence electrons. The number of hydrogen-bond donors (Lipinski definition) is 0. The molecular formula is C9H12O3. The number of aldehydes is 3. The van der Waals surface area contributed by atoms with Gasteiger partial charge in [0.15, 0.2) is 0 Å². The van der Waals surface area contributed by atoms with Crippen molar-refractivity contribution in [3.63, 3.8) is 0 Å². The Kier molecular flexibility index (Phi) is 3.14. The van der Waals surface area contributed by atoms with Crippen molar-refractivity contribution in [2.24, 2.45) is 17.8 Å². The molecule has 1 aliphatic carbocycles. The molecule has 0 unspecified atom stereocenters. The van der Waals surface area contributed by atoms with Crippen molar-refractivity contribution in [3.05, 3.63) is 0 Å². The first-order chi connectivity index (χ1) is 5.80. The molecule has 0 heterocycles. The Morgan fingerprint density at radius 2 is 0.917 bits per heavy atom. The monoisotopic (exact) mass is 168 g/mol. The molecule has 1 saturated carbocycles. The van der Waals surface area contributed by atoms with Gasteiger partial charge in [-0.1, -0.05) is 0 Å². The molecule has 0 amide bonds. The Bertz CT molecular complexity index is 149. The molecule has 1 rings (SSSR count). The van der Waals surface area contributed by atoms with Gasteiger partial charge in [-0.2, -0.15) is 0 Å². The summed E-state index contributed by atoms with van der Waals surface area (Å²) in [6.45, 7) is 0. The van der Waals surface area contributed by atoms with Crippen LogP contribution in [0.4, 0.5) is 0 Å². The topological polar surface area (TPSA) is 51.2 Å². The van der Waals surface area contributed by atoms with E-state index in [0.717, 1.165) is 18.9 Å². The van der Waals surface area contributed by atoms with E-state index in [4.69, 9.17) is 0 Å². The van der Waals surface area contributed by atoms with Crippen molar-refractivity contribution in [3.8, 4) is 0 Å². The maximum atomic E-state index is 10.5. The van der Waals surface area contributed by atoms with Gasteiger partial charge in [0, 0.05) is 17.8 Å². The minimum absolute atomic E-state index is 0.0934. The summed E-state index contributed by atoms with van der Waals surface area (Å²) in [6, 6.07) is 0. The van der Waals surface area contributed by atoms with Crippen molar-refractivity contribution in [2.45, 2.75) is 19.3 Å². The van der Waals surface area contributed by atoms with Crippen LogP contribution in [0.3, 0.4) is 0 Å². The highest BCUT2D eigenvalue weighted by atomic mass is 16.1. The van der Waals surface area contributed by atoms with Crippen molar-refractivity contribution < 1.29 is 14.4 Å². The van der Waals surface area contributed by atoms with E-state index < -0.39 is 0 Å². The normalized spacial score (nSPS) is 35.5. The second-order valence-corrected chi connectivity index (χ2v) is 3.40. The van der Waals surface area contributed by atoms with Crippen LogP contribution in [0.1, 0.15) is 19.3 Å². The van der Waals surface area contributed by atoms with Crippen LogP contribution < -0.4 is 0 Å². The third kappa shape index (κ3) is 2.00. The van der Waals surface area contributed by atoms with Crippen LogP contribution in [0.25, 0.3) is 0 Å². The summed E-state index contributed by atoms with van der Waals surface area (Å²) in [6.07, 6.45) is 4.43. The lowest BCUT2D eigenvalue weighted by molar-refractivity contribution is -0.119. The van der Waals surface area contributed by atoms with Gasteiger partial charge in [0.25, 0.3) is 0 Å². The largest absolute Gasteiger partial charge is 0.303 e. The fourth-order valence-corrected chi connectivity index (χ4v) is 1.79. The molecule has 3 heteroatoms. The SMILES string of the molecule is O=CC1CC(C=O)CC(C=O)C1. The van der Waals surface area contributed by atoms with Gasteiger partial charge in [-0.3, -0.25) is 0 Å². The Balaban J connectivity index is 2.57. The third-order valence-electron chi connectivity index (χ3n) is 2.39. The van der Waals surface area contributed by atoms with Crippen molar-refractivity contribution in [1.82, 2.24) is 0 Å². The van der Waals surface area contributed by atoms with Crippen LogP contribution in [0.15, 0.2) is 0 Å². The van der Waals surface area contributed by atoms with E-state index in [1.807, 2.05) is 0 Å². The minimum atomic E-state index is -0.0934. The molecule has 0 bridgehead atoms. The van der Waals surface area contributed by atoms with Crippen molar-refractivity contribution in [1.29, 1.82) is 0 Å². The number of carbonyl (C=O) groups excluding carboxylic acids is 3. The summed E-state index contributed by atoms with van der Waals surface area (Å²) in [7, 11) is 0. The molecule has 1 fully saturated rings. The third-order valence-corrected chi connectivity index (χ3v) is 2.39. The molecule has 0 aromatic rings. The van der Waals surface area contributed by atoms with E-state index in [1.165, 1.54) is 0 Å². The molecule has 0 aliphatic heterocycles. The minimum Gasteiger partial charge on any atom is -0.303 e. The van der Waals surface area contributed by atoms with Crippen LogP contribution >= 0.6 is 0 Å². The van der Waals surface area contributed by atoms with Gasteiger partial charge >= 0.3 is 0 Å². The average Bonchev–Trinajstić information content (AvgIpc) is 2.16. The van der Waals surface area contributed by atoms with E-state index in [1.54, 1.807) is 0 Å². The molecule has 0 N–H and O–H groups in total. The van der Waals surface area contributed by atoms with E-state index in [9.17, 15) is 14.4 Å². The van der Waals surface area contributed by atoms with Gasteiger partial charge in [-0.05, 0) is 19.3 Å². The molecular weight excluding hydrogens is 156 g/mol. The van der Waals surface area contributed by atoms with E-state index >= 15 is 0 Å². The number of rotatable bonds is 3. The first kappa shape index (κ1) is 9.10. The summed E-state index contributed by atoms with van der Waals surface area (Å²) < 4.78 is 0. The summed E-state index contributed by atoms with van der Waals surface area (Å²) in [4.78, 5) is 31.4. The lowest BCUT2D eigenvalue weighted by Gasteiger charge is -2.25. The standard InChI is InChI=1S/C9H12O3/c10-4-7-1-8(5-11)3-9(2-7)6-12/h4-9H,1-3H2. The molecule has 12 heavy (non-hydrogen) atoms. The zero-order valence-electron chi connectivity index (χ0n) is 6.81. The van der Waals surface area contributed by atoms with E-state index in [2.05, 4.69) is 0 Å². The fourth-order valence-electron chi connectivity index (χ4n) is 1.79. The van der Waals surface area contributed by atoms with Gasteiger partial charge in [-0.15, -0.1) is 0 Å². The zero-order valence-corrected chi connectivity index (χ0v) is 6.81. The quantitative estimate of drug-likeness (QED) is 0.580. The molecule has 3 nitrogen and oxygen atoms in total. The van der Waals surface area contributed by atoms with E-state index in [0.29, 0.717) is 19.3 Å². The van der Waals surface area contributed by atoms with Crippen LogP contribution in [0.5, 0.6) is 0 Å². The van der Waals surface area contributed by atoms with Crippen molar-refractivity contribution in [2.75, 3.05) is 0 Å². The summed E-state index contributed by atoms with van der Waals surface area (Å²) in [5, 5.41) is 0. The summed E-state index contributed by atoms with van der Waals surface area (Å²) in [5.41, 5.74) is 0. The Morgan fingerprint density at radius 3 is 1.08 bits per heavy atom. The second-order valence-electron chi connectivity index (χ2n) is 3.40. The molecule has 0 saturated heterocycles. The van der Waals surface area contributed by atoms with Crippen molar-refractivity contribution >= 4 is 18.9 Å². The number of carbonyl (C=O) groups is 3. The maximum absolute atomic E-state index is 10.5. The predicted molar refractivity (Wildman–Crippen MR) is 42.5 cm³/mol. The van der Waals surface area contributed by atoms with Crippen LogP contribution in [0.2, 0.25) is 0 Å². The molecule has 0 atom stereocenters. The number of hydrogen-bond acceptors (Lipinski definition) is 3. The summed E-state index contributed by atoms with van der Waals surface area (Å²) >= 11 is 0. The summed E-state index contributed by atoms with van der Waals surface area (Å²) in [5.74, 6) is -0.280. The highest BCUT2D eigenvalue weighted by Crippen LogP contribution is 2.29. The molecule has 0 spiro atoms. The molecule has 1 aliphatic rings. The maximum Gasteiger partial charge on any atom is 0.123 e. The second kappa shape index (κ2) is 4.14. The highest BCUT2D eigenvalue weighted by molar-refractivity contribution is 5.63. The van der Waals surface area contributed by atoms with Crippen LogP contribution in [-0.4, -0.2) is 18.9 Å². The highest BCUT2D eigenvalue weighted by Gasteiger charge is 2.27. The molecule has 0 aromatic carbocycles. The lowest BCUT2D eigenvalue weighted by atomic mass is 9.77. The fraction of sp³-hybridized carbons (Fsp3) is 0.667. The van der Waals surface area contributed by atoms with Gasteiger partial charge in [0.2, 0.25) is 0 Å². The Hall–Kier alpha value is -0.990. The first-order valence-corrected chi connectivity index (χ1v) is 4.16. The average molecular weight is 168 g/mol. The lowest BCUT2D eigenvalue weighted by Crippen LogP contribution is -2.25. The van der Waals surface area contributed by atoms with Gasteiger partial charge < -0.3 is 14.4 Å². The Labute approximate surface area is 71.1 Å². The molecule has 0 radical (unpaired) electrons. The smallest absolute Gasteiger partial charge is 0.123 e. The molecule has 0 aromatic heterocycles. The first-order valence-electron chi connectivity index (χ1n) is 4.16. The van der Waals surface area contributed by atoms with E-state index in [-0.39, 0.29) is 17.8 Å². The Morgan fingerprint density at radius 1 is 0.667 bits per heavy atom. The van der Waals surface area contributed by atoms with Gasteiger partial charge in [0.1, 0.15) is 18.9 Å². The van der Waals surface area contributed by atoms with Crippen LogP contribution in [0, 0.1) is 17.8 Å². The zero-order chi connectivity index (χ0) is 8.97. The van der Waals surface area contributed by atoms with Gasteiger partial charge in [0.05, 0.1) is 0 Å².